The van der Waals surface area contributed by atoms with Crippen LogP contribution in [-0.4, -0.2) is 41.5 Å². The molecule has 1 aliphatic heterocycles. The van der Waals surface area contributed by atoms with Crippen molar-refractivity contribution in [3.05, 3.63) is 155 Å². The minimum atomic E-state index is -0.543. The topological polar surface area (TPSA) is 126 Å². The number of aliphatic hydroxyl groups is 1. The Labute approximate surface area is 330 Å². The normalized spacial score (nSPS) is 17.3. The number of nitrogen functional groups attached to an aromatic ring is 1. The number of unbranched alkanes of at least 4 members (excludes halogenated alkanes) is 2. The molecule has 1 fully saturated rings. The molecule has 2 amide bonds. The van der Waals surface area contributed by atoms with Crippen molar-refractivity contribution >= 4 is 23.2 Å². The van der Waals surface area contributed by atoms with Crippen LogP contribution in [0.25, 0.3) is 11.1 Å². The smallest absolute Gasteiger partial charge is 0.224 e. The summed E-state index contributed by atoms with van der Waals surface area (Å²) < 4.78 is 13.3. The summed E-state index contributed by atoms with van der Waals surface area (Å²) in [5.74, 6) is -0.0790. The zero-order valence-electron chi connectivity index (χ0n) is 32.4. The van der Waals surface area contributed by atoms with Crippen LogP contribution >= 0.6 is 0 Å². The van der Waals surface area contributed by atoms with Crippen molar-refractivity contribution in [3.8, 4) is 11.1 Å². The van der Waals surface area contributed by atoms with Crippen molar-refractivity contribution in [2.75, 3.05) is 24.6 Å². The van der Waals surface area contributed by atoms with E-state index in [2.05, 4.69) is 90.2 Å². The number of nitrogens with zero attached hydrogens (tertiary/aromatic N) is 1. The van der Waals surface area contributed by atoms with Gasteiger partial charge in [-0.05, 0) is 78.4 Å². The van der Waals surface area contributed by atoms with E-state index in [1.807, 2.05) is 54.6 Å². The van der Waals surface area contributed by atoms with Crippen LogP contribution in [-0.2, 0) is 32.2 Å². The number of hydrogen-bond donors (Lipinski definition) is 4. The molecule has 4 atom stereocenters. The number of rotatable bonds is 17. The minimum absolute atomic E-state index is 0.00316. The van der Waals surface area contributed by atoms with E-state index >= 15 is 0 Å². The highest BCUT2D eigenvalue weighted by molar-refractivity contribution is 5.93. The van der Waals surface area contributed by atoms with Crippen LogP contribution in [0.5, 0.6) is 0 Å². The number of amides is 2. The van der Waals surface area contributed by atoms with Crippen LogP contribution in [0.1, 0.15) is 91.7 Å². The first-order chi connectivity index (χ1) is 27.2. The molecule has 1 saturated heterocycles. The first kappa shape index (κ1) is 40.3. The molecule has 5 N–H and O–H groups in total. The second-order valence-corrected chi connectivity index (χ2v) is 14.7. The predicted molar refractivity (Wildman–Crippen MR) is 222 cm³/mol. The van der Waals surface area contributed by atoms with Crippen molar-refractivity contribution in [1.29, 1.82) is 0 Å². The van der Waals surface area contributed by atoms with Crippen molar-refractivity contribution in [3.63, 3.8) is 0 Å². The molecule has 0 aromatic heterocycles. The monoisotopic (exact) mass is 754 g/mol. The van der Waals surface area contributed by atoms with Gasteiger partial charge in [-0.1, -0.05) is 116 Å². The van der Waals surface area contributed by atoms with Gasteiger partial charge in [0.2, 0.25) is 11.8 Å². The lowest BCUT2D eigenvalue weighted by Crippen LogP contribution is -2.38. The van der Waals surface area contributed by atoms with E-state index in [1.54, 1.807) is 12.1 Å². The number of para-hydroxylation sites is 2. The lowest BCUT2D eigenvalue weighted by atomic mass is 9.98. The Morgan fingerprint density at radius 3 is 2.20 bits per heavy atom. The Bertz CT molecular complexity index is 2000. The van der Waals surface area contributed by atoms with E-state index in [-0.39, 0.29) is 36.7 Å². The third kappa shape index (κ3) is 11.4. The van der Waals surface area contributed by atoms with Crippen LogP contribution in [0.3, 0.4) is 0 Å². The highest BCUT2D eigenvalue weighted by Gasteiger charge is 2.33. The first-order valence-electron chi connectivity index (χ1n) is 19.6. The molecule has 292 valence electrons. The van der Waals surface area contributed by atoms with Crippen LogP contribution in [0.4, 0.5) is 11.4 Å². The third-order valence-corrected chi connectivity index (χ3v) is 10.5. The average Bonchev–Trinajstić information content (AvgIpc) is 3.23. The number of anilines is 2. The molecule has 0 radical (unpaired) electrons. The minimum Gasteiger partial charge on any atom is -0.397 e. The van der Waals surface area contributed by atoms with Crippen molar-refractivity contribution in [1.82, 2.24) is 10.2 Å². The number of ether oxygens (including phenoxy) is 2. The molecule has 4 unspecified atom stereocenters. The summed E-state index contributed by atoms with van der Waals surface area (Å²) in [6, 6.07) is 42.4. The number of carbonyl (C=O) groups excluding carboxylic acids is 2. The van der Waals surface area contributed by atoms with E-state index in [0.29, 0.717) is 50.0 Å². The largest absolute Gasteiger partial charge is 0.397 e. The van der Waals surface area contributed by atoms with Gasteiger partial charge in [-0.25, -0.2) is 0 Å². The third-order valence-electron chi connectivity index (χ3n) is 10.5. The number of aliphatic hydroxyl groups excluding tert-OH is 1. The van der Waals surface area contributed by atoms with Gasteiger partial charge in [-0.15, -0.1) is 0 Å². The van der Waals surface area contributed by atoms with Gasteiger partial charge in [-0.2, -0.15) is 0 Å². The SMILES string of the molecule is CC(c1ccccc1)N(C)CC1CC(c2ccc(CO)cc2)OC(c2ccc(-c3cccc(CNC(=O)CCCCCC(=O)Nc4ccccc4N)c3)cc2)O1. The zero-order valence-corrected chi connectivity index (χ0v) is 32.4. The van der Waals surface area contributed by atoms with Gasteiger partial charge >= 0.3 is 0 Å². The van der Waals surface area contributed by atoms with E-state index in [4.69, 9.17) is 15.2 Å². The molecule has 5 aromatic carbocycles. The maximum Gasteiger partial charge on any atom is 0.224 e. The van der Waals surface area contributed by atoms with Gasteiger partial charge in [0.25, 0.3) is 0 Å². The summed E-state index contributed by atoms with van der Waals surface area (Å²) in [5.41, 5.74) is 14.3. The molecule has 0 bridgehead atoms. The van der Waals surface area contributed by atoms with E-state index in [9.17, 15) is 14.7 Å². The van der Waals surface area contributed by atoms with Gasteiger partial charge in [0, 0.05) is 44.0 Å². The summed E-state index contributed by atoms with van der Waals surface area (Å²) in [6.07, 6.45) is 2.96. The second-order valence-electron chi connectivity index (χ2n) is 14.7. The first-order valence-corrected chi connectivity index (χ1v) is 19.6. The van der Waals surface area contributed by atoms with E-state index in [1.165, 1.54) is 5.56 Å². The lowest BCUT2D eigenvalue weighted by Gasteiger charge is -2.39. The molecule has 0 saturated carbocycles. The highest BCUT2D eigenvalue weighted by Crippen LogP contribution is 2.39. The summed E-state index contributed by atoms with van der Waals surface area (Å²) in [6.45, 7) is 3.40. The molecule has 5 aromatic rings. The average molecular weight is 755 g/mol. The molecule has 1 aliphatic rings. The zero-order chi connectivity index (χ0) is 39.3. The predicted octanol–water partition coefficient (Wildman–Crippen LogP) is 8.87. The van der Waals surface area contributed by atoms with Crippen molar-refractivity contribution in [2.24, 2.45) is 0 Å². The highest BCUT2D eigenvalue weighted by atomic mass is 16.7. The number of nitrogens with one attached hydrogen (secondary N) is 2. The Kier molecular flexibility index (Phi) is 14.4. The van der Waals surface area contributed by atoms with Crippen LogP contribution in [0.15, 0.2) is 127 Å². The van der Waals surface area contributed by atoms with Gasteiger partial charge in [0.1, 0.15) is 0 Å². The number of carbonyl (C=O) groups is 2. The standard InChI is InChI=1S/C47H54N4O5/c1-33(36-13-5-3-6-14-36)51(2)31-41-29-44(38-22-20-34(32-52)21-23-38)56-47(55-41)39-26-24-37(25-27-39)40-15-11-12-35(28-40)30-49-45(53)18-7-4-8-19-46(54)50-43-17-10-9-16-42(43)48/h3,5-6,9-17,20-28,33,41,44,47,52H,4,7-8,18-19,29-32,48H2,1-2H3,(H,49,53)(H,50,54). The van der Waals surface area contributed by atoms with Gasteiger partial charge in [0.15, 0.2) is 6.29 Å². The molecule has 0 spiro atoms. The number of likely N-dealkylation sites (N-methyl/N-ethyl adjacent to an activating group) is 1. The van der Waals surface area contributed by atoms with Crippen LogP contribution < -0.4 is 16.4 Å². The van der Waals surface area contributed by atoms with Crippen LogP contribution in [0, 0.1) is 0 Å². The molecule has 56 heavy (non-hydrogen) atoms. The fourth-order valence-electron chi connectivity index (χ4n) is 7.05. The summed E-state index contributed by atoms with van der Waals surface area (Å²) in [7, 11) is 2.14. The maximum atomic E-state index is 12.6. The van der Waals surface area contributed by atoms with E-state index in [0.717, 1.165) is 46.3 Å². The fraction of sp³-hybridized carbons (Fsp3) is 0.319. The molecule has 0 aliphatic carbocycles. The molecule has 1 heterocycles. The fourth-order valence-corrected chi connectivity index (χ4v) is 7.05. The van der Waals surface area contributed by atoms with Gasteiger partial charge < -0.3 is 30.9 Å². The molecular weight excluding hydrogens is 701 g/mol. The summed E-state index contributed by atoms with van der Waals surface area (Å²) in [5, 5.41) is 15.5. The molecule has 6 rings (SSSR count). The van der Waals surface area contributed by atoms with Gasteiger partial charge in [0.05, 0.1) is 30.2 Å². The number of hydrogen-bond acceptors (Lipinski definition) is 7. The lowest BCUT2D eigenvalue weighted by molar-refractivity contribution is -0.253. The maximum absolute atomic E-state index is 12.6. The summed E-state index contributed by atoms with van der Waals surface area (Å²) >= 11 is 0. The summed E-state index contributed by atoms with van der Waals surface area (Å²) in [4.78, 5) is 27.2. The molecular formula is C47H54N4O5. The number of nitrogens with two attached hydrogens (primary N) is 1. The Balaban J connectivity index is 1.02. The Hall–Kier alpha value is -5.32. The Morgan fingerprint density at radius 2 is 1.46 bits per heavy atom. The van der Waals surface area contributed by atoms with Crippen LogP contribution in [0.2, 0.25) is 0 Å². The Morgan fingerprint density at radius 1 is 0.768 bits per heavy atom. The van der Waals surface area contributed by atoms with Crippen molar-refractivity contribution < 1.29 is 24.2 Å². The van der Waals surface area contributed by atoms with Crippen molar-refractivity contribution in [2.45, 2.75) is 83.1 Å². The number of benzene rings is 5. The molecule has 9 nitrogen and oxygen atoms in total. The van der Waals surface area contributed by atoms with Gasteiger partial charge in [-0.3, -0.25) is 14.5 Å². The van der Waals surface area contributed by atoms with E-state index < -0.39 is 6.29 Å². The second kappa shape index (κ2) is 20.0. The molecule has 9 heteroatoms. The quantitative estimate of drug-likeness (QED) is 0.0552.